The Morgan fingerprint density at radius 3 is 2.20 bits per heavy atom. The Labute approximate surface area is 115 Å². The number of rotatable bonds is 3. The second kappa shape index (κ2) is 4.53. The van der Waals surface area contributed by atoms with Crippen LogP contribution in [-0.2, 0) is 11.3 Å². The molecule has 0 saturated heterocycles. The van der Waals surface area contributed by atoms with Crippen molar-refractivity contribution in [3.8, 4) is 5.75 Å². The van der Waals surface area contributed by atoms with E-state index in [-0.39, 0.29) is 38.0 Å². The maximum Gasteiger partial charge on any atom is 0.166 e. The number of ether oxygens (including phenoxy) is 1. The molecule has 2 bridgehead atoms. The summed E-state index contributed by atoms with van der Waals surface area (Å²) in [7, 11) is 0. The minimum atomic E-state index is -1.63. The van der Waals surface area contributed by atoms with E-state index in [2.05, 4.69) is 0 Å². The van der Waals surface area contributed by atoms with E-state index in [9.17, 15) is 19.0 Å². The summed E-state index contributed by atoms with van der Waals surface area (Å²) in [5.74, 6) is -1.89. The molecule has 2 N–H and O–H groups in total. The van der Waals surface area contributed by atoms with Crippen LogP contribution in [0.3, 0.4) is 0 Å². The van der Waals surface area contributed by atoms with Gasteiger partial charge in [0.1, 0.15) is 17.0 Å². The molecule has 108 valence electrons. The number of hydrogen-bond acceptors (Lipinski definition) is 3. The second-order valence-electron chi connectivity index (χ2n) is 5.61. The molecule has 1 fully saturated rings. The molecule has 3 nitrogen and oxygen atoms in total. The summed E-state index contributed by atoms with van der Waals surface area (Å²) in [6.45, 7) is 0.138. The van der Waals surface area contributed by atoms with E-state index >= 15 is 0 Å². The lowest BCUT2D eigenvalue weighted by atomic mass is 9.68. The number of phenols is 1. The van der Waals surface area contributed by atoms with E-state index in [1.165, 1.54) is 12.1 Å². The maximum atomic E-state index is 14.1. The van der Waals surface area contributed by atoms with E-state index in [1.807, 2.05) is 0 Å². The van der Waals surface area contributed by atoms with E-state index in [1.54, 1.807) is 12.1 Å². The first-order valence-electron chi connectivity index (χ1n) is 6.66. The topological polar surface area (TPSA) is 49.7 Å². The average Bonchev–Trinajstić information content (AvgIpc) is 2.46. The maximum absolute atomic E-state index is 14.1. The summed E-state index contributed by atoms with van der Waals surface area (Å²) in [5.41, 5.74) is -2.10. The highest BCUT2D eigenvalue weighted by Crippen LogP contribution is 2.53. The van der Waals surface area contributed by atoms with Gasteiger partial charge in [-0.05, 0) is 43.4 Å². The number of fused-ring (bicyclic) bond motifs is 2. The lowest BCUT2D eigenvalue weighted by Crippen LogP contribution is -2.51. The molecular formula is C15H16F2O3. The van der Waals surface area contributed by atoms with E-state index < -0.39 is 22.9 Å². The van der Waals surface area contributed by atoms with Crippen molar-refractivity contribution >= 4 is 0 Å². The Hall–Kier alpha value is -1.46. The third-order valence-corrected chi connectivity index (χ3v) is 4.34. The molecule has 4 rings (SSSR count). The van der Waals surface area contributed by atoms with E-state index in [0.29, 0.717) is 0 Å². The van der Waals surface area contributed by atoms with Gasteiger partial charge in [-0.3, -0.25) is 0 Å². The zero-order valence-corrected chi connectivity index (χ0v) is 10.9. The lowest BCUT2D eigenvalue weighted by molar-refractivity contribution is -0.132. The molecule has 0 radical (unpaired) electrons. The van der Waals surface area contributed by atoms with Crippen molar-refractivity contribution in [2.24, 2.45) is 0 Å². The highest BCUT2D eigenvalue weighted by molar-refractivity contribution is 5.31. The van der Waals surface area contributed by atoms with Gasteiger partial charge in [0.05, 0.1) is 6.61 Å². The largest absolute Gasteiger partial charge is 0.508 e. The molecule has 0 spiro atoms. The molecule has 0 amide bonds. The van der Waals surface area contributed by atoms with Gasteiger partial charge in [-0.1, -0.05) is 12.1 Å². The van der Waals surface area contributed by atoms with Crippen LogP contribution in [0, 0.1) is 0 Å². The van der Waals surface area contributed by atoms with Gasteiger partial charge in [0.2, 0.25) is 0 Å². The number of halogens is 2. The minimum Gasteiger partial charge on any atom is -0.508 e. The molecule has 0 aliphatic heterocycles. The summed E-state index contributed by atoms with van der Waals surface area (Å²) in [6.07, 6.45) is 0.922. The molecule has 0 aromatic heterocycles. The first-order chi connectivity index (χ1) is 9.45. The Kier molecular flexibility index (Phi) is 3.06. The molecule has 3 aliphatic rings. The molecule has 1 saturated carbocycles. The van der Waals surface area contributed by atoms with Crippen LogP contribution < -0.4 is 0 Å². The third-order valence-electron chi connectivity index (χ3n) is 4.34. The Morgan fingerprint density at radius 1 is 1.00 bits per heavy atom. The number of phenolic OH excluding ortho intramolecular Hbond substituents is 1. The molecule has 5 heteroatoms. The van der Waals surface area contributed by atoms with Crippen LogP contribution in [0.1, 0.15) is 31.2 Å². The van der Waals surface area contributed by atoms with Crippen LogP contribution in [0.15, 0.2) is 35.9 Å². The van der Waals surface area contributed by atoms with Gasteiger partial charge in [0, 0.05) is 0 Å². The summed E-state index contributed by atoms with van der Waals surface area (Å²) in [4.78, 5) is 0. The fraction of sp³-hybridized carbons (Fsp3) is 0.467. The number of aromatic hydroxyl groups is 1. The number of hydrogen-bond donors (Lipinski definition) is 2. The fourth-order valence-corrected chi connectivity index (χ4v) is 2.93. The highest BCUT2D eigenvalue weighted by atomic mass is 19.2. The van der Waals surface area contributed by atoms with Crippen LogP contribution in [0.5, 0.6) is 5.75 Å². The summed E-state index contributed by atoms with van der Waals surface area (Å²) >= 11 is 0. The monoisotopic (exact) mass is 282 g/mol. The number of benzene rings is 1. The van der Waals surface area contributed by atoms with E-state index in [4.69, 9.17) is 4.74 Å². The standard InChI is InChI=1S/C15H16F2O3/c16-12-13(17)15(7-5-14(12,19)6-8-15)20-9-10-1-3-11(18)4-2-10/h1-4,18-19H,5-9H2. The summed E-state index contributed by atoms with van der Waals surface area (Å²) in [5, 5.41) is 19.1. The first kappa shape index (κ1) is 13.5. The SMILES string of the molecule is Oc1ccc(COC23CCC(O)(CC2)C(F)=C3F)cc1. The van der Waals surface area contributed by atoms with Crippen molar-refractivity contribution in [2.75, 3.05) is 0 Å². The van der Waals surface area contributed by atoms with Crippen molar-refractivity contribution in [1.29, 1.82) is 0 Å². The highest BCUT2D eigenvalue weighted by Gasteiger charge is 2.55. The molecule has 0 atom stereocenters. The quantitative estimate of drug-likeness (QED) is 0.895. The van der Waals surface area contributed by atoms with Crippen molar-refractivity contribution in [3.63, 3.8) is 0 Å². The Bertz CT molecular complexity index is 543. The molecular weight excluding hydrogens is 266 g/mol. The normalized spacial score (nSPS) is 32.8. The number of aliphatic hydroxyl groups is 1. The van der Waals surface area contributed by atoms with Crippen LogP contribution in [0.2, 0.25) is 0 Å². The zero-order chi connectivity index (χ0) is 14.4. The zero-order valence-electron chi connectivity index (χ0n) is 10.9. The summed E-state index contributed by atoms with van der Waals surface area (Å²) in [6, 6.07) is 6.38. The Morgan fingerprint density at radius 2 is 1.60 bits per heavy atom. The van der Waals surface area contributed by atoms with Crippen LogP contribution >= 0.6 is 0 Å². The molecule has 20 heavy (non-hydrogen) atoms. The molecule has 1 aromatic rings. The third kappa shape index (κ3) is 2.01. The van der Waals surface area contributed by atoms with Gasteiger partial charge in [0.15, 0.2) is 11.7 Å². The predicted octanol–water partition coefficient (Wildman–Crippen LogP) is 3.12. The summed E-state index contributed by atoms with van der Waals surface area (Å²) < 4.78 is 33.6. The molecule has 3 aliphatic carbocycles. The first-order valence-corrected chi connectivity index (χ1v) is 6.66. The van der Waals surface area contributed by atoms with Crippen molar-refractivity contribution < 1.29 is 23.7 Å². The predicted molar refractivity (Wildman–Crippen MR) is 68.3 cm³/mol. The molecule has 0 heterocycles. The average molecular weight is 282 g/mol. The lowest BCUT2D eigenvalue weighted by Gasteiger charge is -2.47. The second-order valence-corrected chi connectivity index (χ2v) is 5.61. The van der Waals surface area contributed by atoms with Crippen LogP contribution in [-0.4, -0.2) is 21.4 Å². The van der Waals surface area contributed by atoms with Crippen molar-refractivity contribution in [1.82, 2.24) is 0 Å². The van der Waals surface area contributed by atoms with Crippen molar-refractivity contribution in [3.05, 3.63) is 41.5 Å². The van der Waals surface area contributed by atoms with Gasteiger partial charge in [-0.2, -0.15) is 0 Å². The fourth-order valence-electron chi connectivity index (χ4n) is 2.93. The van der Waals surface area contributed by atoms with Gasteiger partial charge >= 0.3 is 0 Å². The van der Waals surface area contributed by atoms with Gasteiger partial charge in [-0.15, -0.1) is 0 Å². The van der Waals surface area contributed by atoms with Gasteiger partial charge in [0.25, 0.3) is 0 Å². The smallest absolute Gasteiger partial charge is 0.166 e. The minimum absolute atomic E-state index is 0.138. The molecule has 0 unspecified atom stereocenters. The molecule has 1 aromatic carbocycles. The Balaban J connectivity index is 1.79. The van der Waals surface area contributed by atoms with Crippen molar-refractivity contribution in [2.45, 2.75) is 43.5 Å². The van der Waals surface area contributed by atoms with Gasteiger partial charge < -0.3 is 14.9 Å². The van der Waals surface area contributed by atoms with E-state index in [0.717, 1.165) is 5.56 Å². The van der Waals surface area contributed by atoms with Crippen LogP contribution in [0.4, 0.5) is 8.78 Å². The van der Waals surface area contributed by atoms with Gasteiger partial charge in [-0.25, -0.2) is 8.78 Å². The van der Waals surface area contributed by atoms with Crippen LogP contribution in [0.25, 0.3) is 0 Å².